The summed E-state index contributed by atoms with van der Waals surface area (Å²) in [6, 6.07) is 14.4. The second kappa shape index (κ2) is 8.81. The van der Waals surface area contributed by atoms with Crippen LogP contribution in [0.2, 0.25) is 0 Å². The number of halogens is 1. The van der Waals surface area contributed by atoms with E-state index in [2.05, 4.69) is 5.10 Å². The lowest BCUT2D eigenvalue weighted by molar-refractivity contribution is 0.0972. The smallest absolute Gasteiger partial charge is 0.277 e. The molecule has 0 aliphatic carbocycles. The van der Waals surface area contributed by atoms with Gasteiger partial charge in [-0.2, -0.15) is 5.10 Å². The molecule has 0 fully saturated rings. The molecule has 0 atom stereocenters. The van der Waals surface area contributed by atoms with E-state index in [4.69, 9.17) is 10.5 Å². The third kappa shape index (κ3) is 3.72. The molecule has 0 saturated carbocycles. The van der Waals surface area contributed by atoms with E-state index in [0.29, 0.717) is 29.9 Å². The molecule has 5 rings (SSSR count). The van der Waals surface area contributed by atoms with E-state index in [1.54, 1.807) is 41.4 Å². The van der Waals surface area contributed by atoms with Crippen molar-refractivity contribution in [1.82, 2.24) is 14.3 Å². The minimum atomic E-state index is -0.770. The van der Waals surface area contributed by atoms with Crippen molar-refractivity contribution >= 4 is 17.5 Å². The number of hydrogen-bond donors (Lipinski definition) is 1. The molecule has 0 unspecified atom stereocenters. The molecule has 9 nitrogen and oxygen atoms in total. The van der Waals surface area contributed by atoms with Gasteiger partial charge in [0, 0.05) is 36.1 Å². The van der Waals surface area contributed by atoms with Gasteiger partial charge in [-0.1, -0.05) is 6.07 Å². The predicted octanol–water partition coefficient (Wildman–Crippen LogP) is 2.78. The fourth-order valence-corrected chi connectivity index (χ4v) is 4.48. The molecule has 182 valence electrons. The van der Waals surface area contributed by atoms with E-state index in [-0.39, 0.29) is 28.4 Å². The summed E-state index contributed by atoms with van der Waals surface area (Å²) in [5.41, 5.74) is 8.27. The highest BCUT2D eigenvalue weighted by atomic mass is 19.1. The topological polar surface area (TPSA) is 112 Å². The number of primary amides is 1. The van der Waals surface area contributed by atoms with Crippen LogP contribution in [0.5, 0.6) is 5.75 Å². The molecule has 2 N–H and O–H groups in total. The Hall–Kier alpha value is -4.73. The summed E-state index contributed by atoms with van der Waals surface area (Å²) in [6.45, 7) is 2.15. The van der Waals surface area contributed by atoms with E-state index in [0.717, 1.165) is 5.56 Å². The Balaban J connectivity index is 1.58. The molecule has 2 amide bonds. The number of anilines is 1. The van der Waals surface area contributed by atoms with Crippen LogP contribution in [0.1, 0.15) is 32.1 Å². The second-order valence-electron chi connectivity index (χ2n) is 8.36. The number of carbonyl (C=O) groups excluding carboxylic acids is 2. The minimum absolute atomic E-state index is 0.0239. The number of fused-ring (bicyclic) bond motifs is 1. The molecule has 0 bridgehead atoms. The molecule has 1 aliphatic heterocycles. The quantitative estimate of drug-likeness (QED) is 0.465. The summed E-state index contributed by atoms with van der Waals surface area (Å²) in [4.78, 5) is 39.6. The average Bonchev–Trinajstić information content (AvgIpc) is 3.26. The highest BCUT2D eigenvalue weighted by Gasteiger charge is 2.35. The fraction of sp³-hybridized carbons (Fsp3) is 0.154. The van der Waals surface area contributed by atoms with Crippen LogP contribution in [-0.4, -0.2) is 39.8 Å². The Morgan fingerprint density at radius 1 is 1.08 bits per heavy atom. The Morgan fingerprint density at radius 2 is 1.86 bits per heavy atom. The number of benzene rings is 2. The van der Waals surface area contributed by atoms with Crippen LogP contribution in [0.25, 0.3) is 11.4 Å². The summed E-state index contributed by atoms with van der Waals surface area (Å²) in [6.07, 6.45) is 2.01. The first-order valence-electron chi connectivity index (χ1n) is 11.2. The molecular weight excluding hydrogens is 465 g/mol. The number of carbonyl (C=O) groups is 2. The lowest BCUT2D eigenvalue weighted by atomic mass is 10.0. The molecule has 2 aromatic carbocycles. The molecule has 1 aliphatic rings. The van der Waals surface area contributed by atoms with Crippen molar-refractivity contribution in [2.45, 2.75) is 13.3 Å². The van der Waals surface area contributed by atoms with Gasteiger partial charge in [-0.3, -0.25) is 19.0 Å². The highest BCUT2D eigenvalue weighted by Crippen LogP contribution is 2.31. The van der Waals surface area contributed by atoms with Gasteiger partial charge in [0.1, 0.15) is 5.69 Å². The molecular formula is C26H22FN5O4. The summed E-state index contributed by atoms with van der Waals surface area (Å²) < 4.78 is 22.2. The van der Waals surface area contributed by atoms with Crippen LogP contribution in [0.4, 0.5) is 10.1 Å². The summed E-state index contributed by atoms with van der Waals surface area (Å²) in [5.74, 6) is -1.77. The molecule has 3 heterocycles. The van der Waals surface area contributed by atoms with Crippen LogP contribution in [0.15, 0.2) is 65.6 Å². The van der Waals surface area contributed by atoms with Crippen molar-refractivity contribution in [3.63, 3.8) is 0 Å². The third-order valence-corrected chi connectivity index (χ3v) is 6.20. The first-order chi connectivity index (χ1) is 17.3. The van der Waals surface area contributed by atoms with Gasteiger partial charge in [0.15, 0.2) is 17.3 Å². The Kier molecular flexibility index (Phi) is 5.63. The lowest BCUT2D eigenvalue weighted by Gasteiger charge is -2.28. The Morgan fingerprint density at radius 3 is 2.53 bits per heavy atom. The van der Waals surface area contributed by atoms with E-state index in [1.807, 2.05) is 13.0 Å². The standard InChI is InChI=1S/C26H22FN5O4/c1-15-13-16(6-8-20(15)31-11-4-3-5-22(31)33)30-12-10-18-23(25(28)34)29-32(24(18)26(30)35)17-7-9-21(36-2)19(27)14-17/h3-9,11,13-14H,10,12H2,1-2H3,(H2,28,34). The van der Waals surface area contributed by atoms with E-state index in [1.165, 1.54) is 34.6 Å². The predicted molar refractivity (Wildman–Crippen MR) is 131 cm³/mol. The highest BCUT2D eigenvalue weighted by molar-refractivity contribution is 6.09. The van der Waals surface area contributed by atoms with Gasteiger partial charge < -0.3 is 15.4 Å². The summed E-state index contributed by atoms with van der Waals surface area (Å²) in [5, 5.41) is 4.27. The summed E-state index contributed by atoms with van der Waals surface area (Å²) in [7, 11) is 1.35. The number of nitrogens with zero attached hydrogens (tertiary/aromatic N) is 4. The number of methoxy groups -OCH3 is 1. The molecule has 0 saturated heterocycles. The van der Waals surface area contributed by atoms with Crippen molar-refractivity contribution in [2.75, 3.05) is 18.6 Å². The second-order valence-corrected chi connectivity index (χ2v) is 8.36. The van der Waals surface area contributed by atoms with E-state index < -0.39 is 17.6 Å². The molecule has 10 heteroatoms. The zero-order chi connectivity index (χ0) is 25.6. The van der Waals surface area contributed by atoms with E-state index in [9.17, 15) is 18.8 Å². The van der Waals surface area contributed by atoms with Crippen molar-refractivity contribution in [3.8, 4) is 17.1 Å². The summed E-state index contributed by atoms with van der Waals surface area (Å²) >= 11 is 0. The van der Waals surface area contributed by atoms with Crippen molar-refractivity contribution < 1.29 is 18.7 Å². The molecule has 0 spiro atoms. The first kappa shape index (κ1) is 23.0. The van der Waals surface area contributed by atoms with Crippen LogP contribution in [0, 0.1) is 12.7 Å². The van der Waals surface area contributed by atoms with E-state index >= 15 is 0 Å². The van der Waals surface area contributed by atoms with Crippen molar-refractivity contribution in [1.29, 1.82) is 0 Å². The van der Waals surface area contributed by atoms with Gasteiger partial charge in [-0.05, 0) is 55.3 Å². The minimum Gasteiger partial charge on any atom is -0.494 e. The maximum atomic E-state index is 14.4. The van der Waals surface area contributed by atoms with Crippen molar-refractivity contribution in [2.24, 2.45) is 5.73 Å². The first-order valence-corrected chi connectivity index (χ1v) is 11.2. The number of aromatic nitrogens is 3. The number of ether oxygens (including phenoxy) is 1. The average molecular weight is 487 g/mol. The number of amides is 2. The van der Waals surface area contributed by atoms with Gasteiger partial charge >= 0.3 is 0 Å². The van der Waals surface area contributed by atoms with Crippen LogP contribution in [0.3, 0.4) is 0 Å². The molecule has 0 radical (unpaired) electrons. The maximum Gasteiger partial charge on any atom is 0.277 e. The number of hydrogen-bond acceptors (Lipinski definition) is 5. The zero-order valence-electron chi connectivity index (χ0n) is 19.6. The fourth-order valence-electron chi connectivity index (χ4n) is 4.48. The number of aryl methyl sites for hydroxylation is 1. The normalized spacial score (nSPS) is 13.0. The van der Waals surface area contributed by atoms with Crippen molar-refractivity contribution in [3.05, 3.63) is 99.5 Å². The SMILES string of the molecule is COc1ccc(-n2nc(C(N)=O)c3c2C(=O)N(c2ccc(-n4ccccc4=O)c(C)c2)CC3)cc1F. The van der Waals surface area contributed by atoms with Crippen LogP contribution in [-0.2, 0) is 6.42 Å². The molecule has 2 aromatic heterocycles. The third-order valence-electron chi connectivity index (χ3n) is 6.20. The van der Waals surface area contributed by atoms with Crippen LogP contribution < -0.4 is 20.9 Å². The van der Waals surface area contributed by atoms with Gasteiger partial charge in [-0.15, -0.1) is 0 Å². The van der Waals surface area contributed by atoms with Gasteiger partial charge in [0.05, 0.1) is 18.5 Å². The Bertz CT molecular complexity index is 1590. The Labute approximate surface area is 205 Å². The zero-order valence-corrected chi connectivity index (χ0v) is 19.6. The van der Waals surface area contributed by atoms with Gasteiger partial charge in [0.25, 0.3) is 17.4 Å². The number of pyridine rings is 1. The number of nitrogens with two attached hydrogens (primary N) is 1. The van der Waals surface area contributed by atoms with Gasteiger partial charge in [-0.25, -0.2) is 9.07 Å². The molecule has 4 aromatic rings. The maximum absolute atomic E-state index is 14.4. The number of rotatable bonds is 5. The molecule has 36 heavy (non-hydrogen) atoms. The van der Waals surface area contributed by atoms with Crippen LogP contribution >= 0.6 is 0 Å². The van der Waals surface area contributed by atoms with Gasteiger partial charge in [0.2, 0.25) is 0 Å². The lowest BCUT2D eigenvalue weighted by Crippen LogP contribution is -2.39. The largest absolute Gasteiger partial charge is 0.494 e. The monoisotopic (exact) mass is 487 g/mol.